The van der Waals surface area contributed by atoms with Gasteiger partial charge in [0, 0.05) is 50.4 Å². The van der Waals surface area contributed by atoms with Gasteiger partial charge in [0.1, 0.15) is 0 Å². The molecular weight excluding hydrogens is 330 g/mol. The number of Topliss-reactive ketones (excluding diaryl/α,β-unsaturated/α-hetero) is 1. The number of nitrogens with zero attached hydrogens (tertiary/aromatic N) is 2. The average molecular weight is 353 g/mol. The number of hydrogen-bond acceptors (Lipinski definition) is 3. The van der Waals surface area contributed by atoms with Crippen molar-refractivity contribution in [2.75, 3.05) is 38.0 Å². The van der Waals surface area contributed by atoms with Crippen molar-refractivity contribution in [1.29, 1.82) is 0 Å². The molecule has 0 amide bonds. The van der Waals surface area contributed by atoms with E-state index in [1.807, 2.05) is 60.7 Å². The number of piperazine rings is 1. The number of anilines is 1. The summed E-state index contributed by atoms with van der Waals surface area (Å²) in [5.74, 6) is 0.212. The number of hydrogen-bond donors (Lipinski definition) is 1. The van der Waals surface area contributed by atoms with Crippen LogP contribution in [0.2, 0.25) is 0 Å². The molecule has 1 saturated heterocycles. The maximum Gasteiger partial charge on any atom is 0.173 e. The summed E-state index contributed by atoms with van der Waals surface area (Å²) in [6.45, 7) is 4.44. The fourth-order valence-corrected chi connectivity index (χ4v) is 3.23. The number of nitrogens with one attached hydrogen (secondary N) is 1. The van der Waals surface area contributed by atoms with Crippen molar-refractivity contribution in [1.82, 2.24) is 9.80 Å². The first-order chi connectivity index (χ1) is 12.2. The van der Waals surface area contributed by atoms with Crippen LogP contribution in [0.25, 0.3) is 0 Å². The van der Waals surface area contributed by atoms with E-state index in [4.69, 9.17) is 12.2 Å². The van der Waals surface area contributed by atoms with Gasteiger partial charge in [0.2, 0.25) is 0 Å². The van der Waals surface area contributed by atoms with E-state index in [-0.39, 0.29) is 5.78 Å². The molecule has 2 aromatic rings. The van der Waals surface area contributed by atoms with Crippen LogP contribution in [0.3, 0.4) is 0 Å². The molecule has 0 aromatic heterocycles. The van der Waals surface area contributed by atoms with E-state index in [1.165, 1.54) is 0 Å². The Morgan fingerprint density at radius 3 is 2.16 bits per heavy atom. The van der Waals surface area contributed by atoms with Gasteiger partial charge in [-0.3, -0.25) is 9.69 Å². The van der Waals surface area contributed by atoms with Crippen molar-refractivity contribution in [3.8, 4) is 0 Å². The molecule has 1 heterocycles. The van der Waals surface area contributed by atoms with Gasteiger partial charge in [-0.25, -0.2) is 0 Å². The largest absolute Gasteiger partial charge is 0.346 e. The molecule has 0 radical (unpaired) electrons. The molecule has 3 rings (SSSR count). The molecule has 1 N–H and O–H groups in total. The summed E-state index contributed by atoms with van der Waals surface area (Å²) in [6.07, 6.45) is 0.566. The minimum absolute atomic E-state index is 0.212. The maximum atomic E-state index is 12.2. The zero-order chi connectivity index (χ0) is 17.5. The Morgan fingerprint density at radius 2 is 1.52 bits per heavy atom. The molecule has 0 unspecified atom stereocenters. The van der Waals surface area contributed by atoms with Crippen LogP contribution in [0.1, 0.15) is 16.8 Å². The number of ketones is 1. The van der Waals surface area contributed by atoms with Crippen molar-refractivity contribution in [3.63, 3.8) is 0 Å². The smallest absolute Gasteiger partial charge is 0.173 e. The van der Waals surface area contributed by atoms with Gasteiger partial charge < -0.3 is 10.2 Å². The third kappa shape index (κ3) is 5.11. The number of carbonyl (C=O) groups is 1. The molecule has 1 fully saturated rings. The minimum atomic E-state index is 0.212. The van der Waals surface area contributed by atoms with Crippen LogP contribution in [0, 0.1) is 0 Å². The topological polar surface area (TPSA) is 35.6 Å². The van der Waals surface area contributed by atoms with Crippen molar-refractivity contribution in [2.24, 2.45) is 0 Å². The molecule has 4 nitrogen and oxygen atoms in total. The van der Waals surface area contributed by atoms with Crippen LogP contribution in [0.15, 0.2) is 60.7 Å². The van der Waals surface area contributed by atoms with Crippen molar-refractivity contribution < 1.29 is 4.79 Å². The Morgan fingerprint density at radius 1 is 0.920 bits per heavy atom. The highest BCUT2D eigenvalue weighted by Crippen LogP contribution is 2.10. The van der Waals surface area contributed by atoms with Crippen LogP contribution in [0.4, 0.5) is 5.69 Å². The fourth-order valence-electron chi connectivity index (χ4n) is 2.93. The van der Waals surface area contributed by atoms with Crippen LogP contribution in [0.5, 0.6) is 0 Å². The lowest BCUT2D eigenvalue weighted by atomic mass is 10.1. The van der Waals surface area contributed by atoms with Gasteiger partial charge in [0.05, 0.1) is 0 Å². The molecule has 25 heavy (non-hydrogen) atoms. The van der Waals surface area contributed by atoms with Crippen LogP contribution >= 0.6 is 12.2 Å². The monoisotopic (exact) mass is 353 g/mol. The van der Waals surface area contributed by atoms with Gasteiger partial charge >= 0.3 is 0 Å². The lowest BCUT2D eigenvalue weighted by Crippen LogP contribution is -2.50. The second-order valence-electron chi connectivity index (χ2n) is 6.16. The third-order valence-electron chi connectivity index (χ3n) is 4.44. The molecule has 0 bridgehead atoms. The summed E-state index contributed by atoms with van der Waals surface area (Å²) in [5.41, 5.74) is 1.82. The van der Waals surface area contributed by atoms with Gasteiger partial charge in [0.15, 0.2) is 10.9 Å². The summed E-state index contributed by atoms with van der Waals surface area (Å²) < 4.78 is 0. The van der Waals surface area contributed by atoms with E-state index in [0.29, 0.717) is 6.42 Å². The first-order valence-corrected chi connectivity index (χ1v) is 9.05. The zero-order valence-corrected chi connectivity index (χ0v) is 15.0. The van der Waals surface area contributed by atoms with Crippen molar-refractivity contribution in [2.45, 2.75) is 6.42 Å². The van der Waals surface area contributed by atoms with Gasteiger partial charge in [-0.2, -0.15) is 0 Å². The van der Waals surface area contributed by atoms with E-state index in [1.54, 1.807) is 0 Å². The highest BCUT2D eigenvalue weighted by Gasteiger charge is 2.19. The molecule has 1 aliphatic heterocycles. The number of thiocarbonyl (C=S) groups is 1. The Kier molecular flexibility index (Phi) is 6.14. The lowest BCUT2D eigenvalue weighted by molar-refractivity contribution is 0.0951. The van der Waals surface area contributed by atoms with Gasteiger partial charge in [-0.05, 0) is 24.4 Å². The van der Waals surface area contributed by atoms with E-state index in [9.17, 15) is 4.79 Å². The molecule has 0 spiro atoms. The highest BCUT2D eigenvalue weighted by atomic mass is 32.1. The van der Waals surface area contributed by atoms with E-state index in [0.717, 1.165) is 49.1 Å². The third-order valence-corrected chi connectivity index (χ3v) is 4.80. The SMILES string of the molecule is O=C(CCN1CCN(C(=S)Nc2ccccc2)CC1)c1ccccc1. The summed E-state index contributed by atoms with van der Waals surface area (Å²) in [7, 11) is 0. The van der Waals surface area contributed by atoms with Gasteiger partial charge in [-0.15, -0.1) is 0 Å². The normalized spacial score (nSPS) is 15.0. The average Bonchev–Trinajstić information content (AvgIpc) is 2.68. The van der Waals surface area contributed by atoms with Crippen molar-refractivity contribution >= 4 is 28.8 Å². The van der Waals surface area contributed by atoms with Crippen molar-refractivity contribution in [3.05, 3.63) is 66.2 Å². The quantitative estimate of drug-likeness (QED) is 0.659. The summed E-state index contributed by atoms with van der Waals surface area (Å²) in [5, 5.41) is 4.05. The highest BCUT2D eigenvalue weighted by molar-refractivity contribution is 7.80. The second-order valence-corrected chi connectivity index (χ2v) is 6.55. The van der Waals surface area contributed by atoms with E-state index >= 15 is 0 Å². The lowest BCUT2D eigenvalue weighted by Gasteiger charge is -2.36. The Balaban J connectivity index is 1.41. The number of para-hydroxylation sites is 1. The first-order valence-electron chi connectivity index (χ1n) is 8.64. The Labute approximate surface area is 154 Å². The molecule has 130 valence electrons. The first kappa shape index (κ1) is 17.6. The fraction of sp³-hybridized carbons (Fsp3) is 0.300. The number of carbonyl (C=O) groups excluding carboxylic acids is 1. The Bertz CT molecular complexity index is 697. The van der Waals surface area contributed by atoms with E-state index in [2.05, 4.69) is 15.1 Å². The molecule has 5 heteroatoms. The molecular formula is C20H23N3OS. The molecule has 0 atom stereocenters. The second kappa shape index (κ2) is 8.74. The van der Waals surface area contributed by atoms with Crippen LogP contribution < -0.4 is 5.32 Å². The Hall–Kier alpha value is -2.24. The standard InChI is InChI=1S/C20H23N3OS/c24-19(17-7-3-1-4-8-17)11-12-22-13-15-23(16-14-22)20(25)21-18-9-5-2-6-10-18/h1-10H,11-16H2,(H,21,25). The van der Waals surface area contributed by atoms with Gasteiger partial charge in [0.25, 0.3) is 0 Å². The molecule has 2 aromatic carbocycles. The zero-order valence-electron chi connectivity index (χ0n) is 14.2. The summed E-state index contributed by atoms with van der Waals surface area (Å²) >= 11 is 5.51. The predicted octanol–water partition coefficient (Wildman–Crippen LogP) is 3.27. The molecule has 1 aliphatic rings. The molecule has 0 saturated carbocycles. The number of benzene rings is 2. The van der Waals surface area contributed by atoms with Crippen LogP contribution in [-0.4, -0.2) is 53.4 Å². The maximum absolute atomic E-state index is 12.2. The minimum Gasteiger partial charge on any atom is -0.346 e. The van der Waals surface area contributed by atoms with Gasteiger partial charge in [-0.1, -0.05) is 48.5 Å². The number of rotatable bonds is 5. The summed E-state index contributed by atoms with van der Waals surface area (Å²) in [4.78, 5) is 16.7. The van der Waals surface area contributed by atoms with E-state index < -0.39 is 0 Å². The summed E-state index contributed by atoms with van der Waals surface area (Å²) in [6, 6.07) is 19.5. The predicted molar refractivity (Wildman–Crippen MR) is 106 cm³/mol. The van der Waals surface area contributed by atoms with Crippen LogP contribution in [-0.2, 0) is 0 Å². The molecule has 0 aliphatic carbocycles.